The highest BCUT2D eigenvalue weighted by Crippen LogP contribution is 2.19. The van der Waals surface area contributed by atoms with Gasteiger partial charge in [0.1, 0.15) is 11.8 Å². The van der Waals surface area contributed by atoms with Crippen LogP contribution in [0.3, 0.4) is 0 Å². The van der Waals surface area contributed by atoms with Gasteiger partial charge in [-0.2, -0.15) is 0 Å². The Hall–Kier alpha value is -2.83. The number of aromatic amines is 1. The lowest BCUT2D eigenvalue weighted by atomic mass is 10.2. The number of carbonyl (C=O) groups is 2. The van der Waals surface area contributed by atoms with Gasteiger partial charge in [-0.1, -0.05) is 0 Å². The van der Waals surface area contributed by atoms with Crippen LogP contribution in [0.2, 0.25) is 0 Å². The number of amides is 1. The molecule has 0 aromatic carbocycles. The van der Waals surface area contributed by atoms with Gasteiger partial charge < -0.3 is 19.8 Å². The minimum Gasteiger partial charge on any atom is -0.478 e. The van der Waals surface area contributed by atoms with Crippen LogP contribution in [0.5, 0.6) is 0 Å². The smallest absolute Gasteiger partial charge is 0.339 e. The van der Waals surface area contributed by atoms with E-state index in [9.17, 15) is 14.4 Å². The van der Waals surface area contributed by atoms with Crippen molar-refractivity contribution in [3.8, 4) is 0 Å². The number of anilines is 1. The molecule has 1 amide bonds. The van der Waals surface area contributed by atoms with E-state index in [1.807, 2.05) is 0 Å². The van der Waals surface area contributed by atoms with E-state index in [2.05, 4.69) is 14.7 Å². The van der Waals surface area contributed by atoms with Crippen LogP contribution < -0.4 is 10.9 Å². The van der Waals surface area contributed by atoms with E-state index in [-0.39, 0.29) is 16.8 Å². The molecule has 0 saturated heterocycles. The Kier molecular flexibility index (Phi) is 3.19. The van der Waals surface area contributed by atoms with Gasteiger partial charge in [0.25, 0.3) is 5.91 Å². The fourth-order valence-electron chi connectivity index (χ4n) is 1.58. The molecular weight excluding hydrogens is 252 g/mol. The molecule has 0 aliphatic carbocycles. The molecule has 7 heteroatoms. The van der Waals surface area contributed by atoms with Crippen LogP contribution >= 0.6 is 0 Å². The van der Waals surface area contributed by atoms with E-state index in [4.69, 9.17) is 5.11 Å². The molecule has 2 rings (SSSR count). The number of hydrogen-bond donors (Lipinski definition) is 3. The molecule has 0 unspecified atom stereocenters. The van der Waals surface area contributed by atoms with Gasteiger partial charge in [0.15, 0.2) is 0 Å². The maximum atomic E-state index is 11.8. The Balaban J connectivity index is 2.27. The van der Waals surface area contributed by atoms with Crippen LogP contribution in [-0.4, -0.2) is 22.0 Å². The summed E-state index contributed by atoms with van der Waals surface area (Å²) in [6, 6.07) is 2.40. The van der Waals surface area contributed by atoms with Crippen molar-refractivity contribution in [3.05, 3.63) is 51.8 Å². The van der Waals surface area contributed by atoms with E-state index in [0.29, 0.717) is 5.69 Å². The Morgan fingerprint density at radius 1 is 1.37 bits per heavy atom. The number of carbonyl (C=O) groups excluding carboxylic acids is 1. The number of carboxylic acid groups (broad SMARTS) is 1. The molecule has 2 aromatic rings. The summed E-state index contributed by atoms with van der Waals surface area (Å²) in [5.41, 5.74) is 0.129. The zero-order chi connectivity index (χ0) is 14.0. The first-order valence-corrected chi connectivity index (χ1v) is 5.30. The largest absolute Gasteiger partial charge is 0.478 e. The third-order valence-electron chi connectivity index (χ3n) is 2.50. The minimum absolute atomic E-state index is 0.00858. The van der Waals surface area contributed by atoms with E-state index < -0.39 is 17.5 Å². The Morgan fingerprint density at radius 3 is 2.68 bits per heavy atom. The molecule has 98 valence electrons. The summed E-state index contributed by atoms with van der Waals surface area (Å²) < 4.78 is 4.56. The van der Waals surface area contributed by atoms with Crippen LogP contribution in [0, 0.1) is 6.92 Å². The predicted octanol–water partition coefficient (Wildman–Crippen LogP) is 1.23. The lowest BCUT2D eigenvalue weighted by Crippen LogP contribution is -2.14. The third-order valence-corrected chi connectivity index (χ3v) is 2.50. The van der Waals surface area contributed by atoms with Crippen LogP contribution in [-0.2, 0) is 0 Å². The molecule has 0 atom stereocenters. The van der Waals surface area contributed by atoms with E-state index >= 15 is 0 Å². The molecule has 0 aliphatic heterocycles. The molecular formula is C12H10N2O5. The average Bonchev–Trinajstić information content (AvgIpc) is 2.71. The first-order valence-electron chi connectivity index (χ1n) is 5.30. The minimum atomic E-state index is -1.14. The molecule has 2 aromatic heterocycles. The summed E-state index contributed by atoms with van der Waals surface area (Å²) in [6.45, 7) is 1.58. The van der Waals surface area contributed by atoms with Gasteiger partial charge in [-0.25, -0.2) is 9.59 Å². The van der Waals surface area contributed by atoms with Crippen molar-refractivity contribution in [3.63, 3.8) is 0 Å². The third kappa shape index (κ3) is 2.54. The number of hydrogen-bond acceptors (Lipinski definition) is 4. The summed E-state index contributed by atoms with van der Waals surface area (Å²) in [6.07, 6.45) is 2.40. The van der Waals surface area contributed by atoms with Crippen molar-refractivity contribution >= 4 is 17.6 Å². The lowest BCUT2D eigenvalue weighted by molar-refractivity contribution is 0.0697. The number of aromatic nitrogens is 1. The molecule has 7 nitrogen and oxygen atoms in total. The molecule has 0 saturated carbocycles. The highest BCUT2D eigenvalue weighted by atomic mass is 16.4. The quantitative estimate of drug-likeness (QED) is 0.770. The molecule has 0 aliphatic rings. The number of rotatable bonds is 3. The van der Waals surface area contributed by atoms with Gasteiger partial charge in [-0.15, -0.1) is 0 Å². The molecule has 0 radical (unpaired) electrons. The first-order chi connectivity index (χ1) is 8.99. The van der Waals surface area contributed by atoms with Gasteiger partial charge in [-0.3, -0.25) is 4.79 Å². The second kappa shape index (κ2) is 4.81. The van der Waals surface area contributed by atoms with Gasteiger partial charge in [0, 0.05) is 18.0 Å². The summed E-state index contributed by atoms with van der Waals surface area (Å²) >= 11 is 0. The molecule has 0 bridgehead atoms. The second-order valence-corrected chi connectivity index (χ2v) is 3.81. The predicted molar refractivity (Wildman–Crippen MR) is 65.4 cm³/mol. The Labute approximate surface area is 106 Å². The fraction of sp³-hybridized carbons (Fsp3) is 0.0833. The SMILES string of the molecule is Cc1[nH]cc(NC(=O)c2ccc(=O)oc2)c1C(=O)O. The van der Waals surface area contributed by atoms with Gasteiger partial charge in [-0.05, 0) is 13.0 Å². The van der Waals surface area contributed by atoms with E-state index in [1.165, 1.54) is 12.3 Å². The number of carboxylic acids is 1. The second-order valence-electron chi connectivity index (χ2n) is 3.81. The monoisotopic (exact) mass is 262 g/mol. The molecule has 3 N–H and O–H groups in total. The van der Waals surface area contributed by atoms with Crippen molar-refractivity contribution in [2.75, 3.05) is 5.32 Å². The van der Waals surface area contributed by atoms with Crippen LogP contribution in [0.1, 0.15) is 26.4 Å². The molecule has 0 fully saturated rings. The standard InChI is InChI=1S/C12H10N2O5/c1-6-10(12(17)18)8(4-13-6)14-11(16)7-2-3-9(15)19-5-7/h2-5,13H,1H3,(H,14,16)(H,17,18). The van der Waals surface area contributed by atoms with Crippen molar-refractivity contribution < 1.29 is 19.1 Å². The van der Waals surface area contributed by atoms with Crippen LogP contribution in [0.25, 0.3) is 0 Å². The van der Waals surface area contributed by atoms with E-state index in [1.54, 1.807) is 6.92 Å². The number of H-pyrrole nitrogens is 1. The summed E-state index contributed by atoms with van der Waals surface area (Å²) in [7, 11) is 0. The summed E-state index contributed by atoms with van der Waals surface area (Å²) in [4.78, 5) is 36.3. The fourth-order valence-corrected chi connectivity index (χ4v) is 1.58. The van der Waals surface area contributed by atoms with Gasteiger partial charge >= 0.3 is 11.6 Å². The lowest BCUT2D eigenvalue weighted by Gasteiger charge is -2.04. The van der Waals surface area contributed by atoms with E-state index in [0.717, 1.165) is 12.3 Å². The maximum absolute atomic E-state index is 11.8. The van der Waals surface area contributed by atoms with Crippen molar-refractivity contribution in [1.82, 2.24) is 4.98 Å². The first kappa shape index (κ1) is 12.6. The highest BCUT2D eigenvalue weighted by Gasteiger charge is 2.17. The van der Waals surface area contributed by atoms with Gasteiger partial charge in [0.2, 0.25) is 0 Å². The molecule has 19 heavy (non-hydrogen) atoms. The van der Waals surface area contributed by atoms with Gasteiger partial charge in [0.05, 0.1) is 11.3 Å². The van der Waals surface area contributed by atoms with Crippen molar-refractivity contribution in [2.45, 2.75) is 6.92 Å². The Morgan fingerprint density at radius 2 is 2.11 bits per heavy atom. The van der Waals surface area contributed by atoms with Crippen molar-refractivity contribution in [1.29, 1.82) is 0 Å². The number of aromatic carboxylic acids is 1. The zero-order valence-electron chi connectivity index (χ0n) is 9.89. The van der Waals surface area contributed by atoms with Crippen LogP contribution in [0.15, 0.2) is 33.8 Å². The zero-order valence-corrected chi connectivity index (χ0v) is 9.89. The maximum Gasteiger partial charge on any atom is 0.339 e. The highest BCUT2D eigenvalue weighted by molar-refractivity contribution is 6.07. The summed E-state index contributed by atoms with van der Waals surface area (Å²) in [5, 5.41) is 11.5. The van der Waals surface area contributed by atoms with Crippen molar-refractivity contribution in [2.24, 2.45) is 0 Å². The number of nitrogens with one attached hydrogen (secondary N) is 2. The van der Waals surface area contributed by atoms with Crippen LogP contribution in [0.4, 0.5) is 5.69 Å². The average molecular weight is 262 g/mol. The topological polar surface area (TPSA) is 112 Å². The molecule has 2 heterocycles. The number of aryl methyl sites for hydroxylation is 1. The Bertz CT molecular complexity index is 678. The molecule has 0 spiro atoms. The summed E-state index contributed by atoms with van der Waals surface area (Å²) in [5.74, 6) is -1.71. The normalized spacial score (nSPS) is 10.2.